The third kappa shape index (κ3) is 2.29. The van der Waals surface area contributed by atoms with Gasteiger partial charge in [-0.15, -0.1) is 11.3 Å². The van der Waals surface area contributed by atoms with E-state index in [4.69, 9.17) is 0 Å². The molecule has 1 N–H and O–H groups in total. The summed E-state index contributed by atoms with van der Waals surface area (Å²) in [5, 5.41) is 11.1. The monoisotopic (exact) mass is 249 g/mol. The number of hydrogen-bond acceptors (Lipinski definition) is 3. The maximum absolute atomic E-state index is 10.0. The van der Waals surface area contributed by atoms with Gasteiger partial charge in [-0.05, 0) is 23.6 Å². The molecule has 0 unspecified atom stereocenters. The van der Waals surface area contributed by atoms with Gasteiger partial charge in [0.05, 0.1) is 9.71 Å². The number of phenols is 1. The molecule has 0 atom stereocenters. The third-order valence-corrected chi connectivity index (χ3v) is 4.23. The van der Waals surface area contributed by atoms with Gasteiger partial charge in [-0.2, -0.15) is 0 Å². The van der Waals surface area contributed by atoms with Crippen LogP contribution in [0.4, 0.5) is 0 Å². The Morgan fingerprint density at radius 1 is 1.24 bits per heavy atom. The lowest BCUT2D eigenvalue weighted by atomic mass is 9.98. The number of fused-ring (bicyclic) bond motifs is 1. The van der Waals surface area contributed by atoms with E-state index in [0.29, 0.717) is 11.7 Å². The molecule has 2 rings (SSSR count). The van der Waals surface area contributed by atoms with Crippen molar-refractivity contribution in [1.82, 2.24) is 4.98 Å². The number of aromatic nitrogens is 1. The van der Waals surface area contributed by atoms with Gasteiger partial charge in [0.15, 0.2) is 0 Å². The molecular formula is C14H19NOS. The molecule has 0 fully saturated rings. The minimum absolute atomic E-state index is 0.0358. The van der Waals surface area contributed by atoms with Crippen LogP contribution in [0.15, 0.2) is 12.1 Å². The molecule has 0 saturated carbocycles. The van der Waals surface area contributed by atoms with Gasteiger partial charge in [0, 0.05) is 5.41 Å². The number of thiazole rings is 1. The number of benzene rings is 1. The maximum Gasteiger partial charge on any atom is 0.142 e. The zero-order valence-corrected chi connectivity index (χ0v) is 11.9. The predicted molar refractivity (Wildman–Crippen MR) is 74.1 cm³/mol. The topological polar surface area (TPSA) is 33.1 Å². The van der Waals surface area contributed by atoms with Crippen molar-refractivity contribution in [2.75, 3.05) is 0 Å². The lowest BCUT2D eigenvalue weighted by molar-refractivity contribution is 0.479. The first-order valence-corrected chi connectivity index (χ1v) is 6.74. The van der Waals surface area contributed by atoms with Crippen molar-refractivity contribution < 1.29 is 5.11 Å². The van der Waals surface area contributed by atoms with Gasteiger partial charge >= 0.3 is 0 Å². The van der Waals surface area contributed by atoms with Gasteiger partial charge in [0.2, 0.25) is 0 Å². The predicted octanol–water partition coefficient (Wildman–Crippen LogP) is 4.42. The minimum Gasteiger partial charge on any atom is -0.506 e. The second-order valence-electron chi connectivity index (χ2n) is 5.81. The van der Waals surface area contributed by atoms with Gasteiger partial charge in [-0.25, -0.2) is 4.98 Å². The minimum atomic E-state index is 0.0358. The van der Waals surface area contributed by atoms with E-state index in [2.05, 4.69) is 45.7 Å². The average molecular weight is 249 g/mol. The molecule has 1 aromatic carbocycles. The van der Waals surface area contributed by atoms with E-state index >= 15 is 0 Å². The lowest BCUT2D eigenvalue weighted by Gasteiger charge is -2.13. The van der Waals surface area contributed by atoms with Crippen LogP contribution in [0.25, 0.3) is 10.2 Å². The molecule has 0 spiro atoms. The van der Waals surface area contributed by atoms with Crippen LogP contribution >= 0.6 is 11.3 Å². The Labute approximate surface area is 106 Å². The first-order valence-electron chi connectivity index (χ1n) is 5.93. The number of rotatable bonds is 1. The summed E-state index contributed by atoms with van der Waals surface area (Å²) in [5.41, 5.74) is 1.94. The molecule has 1 aromatic heterocycles. The van der Waals surface area contributed by atoms with Gasteiger partial charge < -0.3 is 5.11 Å². The molecule has 92 valence electrons. The highest BCUT2D eigenvalue weighted by Gasteiger charge is 2.20. The molecule has 0 aliphatic heterocycles. The Morgan fingerprint density at radius 2 is 1.88 bits per heavy atom. The number of phenolic OH excluding ortho intramolecular Hbond substituents is 1. The Balaban J connectivity index is 2.65. The molecule has 2 nitrogen and oxygen atoms in total. The second kappa shape index (κ2) is 3.98. The van der Waals surface area contributed by atoms with Crippen molar-refractivity contribution in [3.8, 4) is 5.75 Å². The Bertz CT molecular complexity index is 549. The summed E-state index contributed by atoms with van der Waals surface area (Å²) < 4.78 is 1.08. The first kappa shape index (κ1) is 12.4. The molecule has 0 saturated heterocycles. The fraction of sp³-hybridized carbons (Fsp3) is 0.500. The maximum atomic E-state index is 10.0. The summed E-state index contributed by atoms with van der Waals surface area (Å²) in [6, 6.07) is 3.98. The van der Waals surface area contributed by atoms with E-state index < -0.39 is 0 Å². The summed E-state index contributed by atoms with van der Waals surface area (Å²) in [7, 11) is 0. The van der Waals surface area contributed by atoms with Gasteiger partial charge in [-0.1, -0.05) is 34.6 Å². The first-order chi connectivity index (χ1) is 7.79. The quantitative estimate of drug-likeness (QED) is 0.811. The van der Waals surface area contributed by atoms with Crippen molar-refractivity contribution in [3.63, 3.8) is 0 Å². The Morgan fingerprint density at radius 3 is 2.41 bits per heavy atom. The lowest BCUT2D eigenvalue weighted by Crippen LogP contribution is -2.09. The van der Waals surface area contributed by atoms with E-state index in [1.54, 1.807) is 11.3 Å². The summed E-state index contributed by atoms with van der Waals surface area (Å²) in [6.45, 7) is 10.7. The Hall–Kier alpha value is -1.09. The van der Waals surface area contributed by atoms with Crippen LogP contribution in [0.1, 0.15) is 51.1 Å². The van der Waals surface area contributed by atoms with E-state index in [-0.39, 0.29) is 5.41 Å². The van der Waals surface area contributed by atoms with E-state index in [1.165, 1.54) is 5.56 Å². The number of nitrogens with zero attached hydrogens (tertiary/aromatic N) is 1. The van der Waals surface area contributed by atoms with Crippen LogP contribution in [-0.4, -0.2) is 10.1 Å². The summed E-state index contributed by atoms with van der Waals surface area (Å²) in [6.07, 6.45) is 0. The van der Waals surface area contributed by atoms with Crippen LogP contribution < -0.4 is 0 Å². The summed E-state index contributed by atoms with van der Waals surface area (Å²) >= 11 is 1.68. The molecule has 0 amide bonds. The van der Waals surface area contributed by atoms with Crippen molar-refractivity contribution in [1.29, 1.82) is 0 Å². The zero-order chi connectivity index (χ0) is 12.8. The van der Waals surface area contributed by atoms with Crippen molar-refractivity contribution >= 4 is 21.6 Å². The highest BCUT2D eigenvalue weighted by Crippen LogP contribution is 2.36. The molecule has 0 aliphatic carbocycles. The molecule has 1 heterocycles. The van der Waals surface area contributed by atoms with E-state index in [1.807, 2.05) is 6.07 Å². The van der Waals surface area contributed by atoms with Crippen molar-refractivity contribution in [2.45, 2.75) is 46.0 Å². The highest BCUT2D eigenvalue weighted by atomic mass is 32.1. The van der Waals surface area contributed by atoms with Crippen LogP contribution in [0.3, 0.4) is 0 Å². The number of hydrogen-bond donors (Lipinski definition) is 1. The summed E-state index contributed by atoms with van der Waals surface area (Å²) in [5.74, 6) is 0.725. The van der Waals surface area contributed by atoms with E-state index in [9.17, 15) is 5.11 Å². The van der Waals surface area contributed by atoms with Gasteiger partial charge in [-0.3, -0.25) is 0 Å². The second-order valence-corrected chi connectivity index (χ2v) is 6.84. The highest BCUT2D eigenvalue weighted by molar-refractivity contribution is 7.18. The zero-order valence-electron chi connectivity index (χ0n) is 11.0. The molecule has 0 aliphatic rings. The van der Waals surface area contributed by atoms with Crippen molar-refractivity contribution in [3.05, 3.63) is 22.7 Å². The molecular weight excluding hydrogens is 230 g/mol. The molecule has 17 heavy (non-hydrogen) atoms. The molecule has 0 radical (unpaired) electrons. The van der Waals surface area contributed by atoms with Crippen LogP contribution in [0, 0.1) is 0 Å². The molecule has 3 heteroatoms. The fourth-order valence-corrected chi connectivity index (χ4v) is 2.78. The fourth-order valence-electron chi connectivity index (χ4n) is 1.69. The SMILES string of the molecule is CC(C)c1cc(O)c2nc(C(C)(C)C)sc2c1. The van der Waals surface area contributed by atoms with E-state index in [0.717, 1.165) is 15.2 Å². The summed E-state index contributed by atoms with van der Waals surface area (Å²) in [4.78, 5) is 4.55. The van der Waals surface area contributed by atoms with Gasteiger partial charge in [0.25, 0.3) is 0 Å². The standard InChI is InChI=1S/C14H19NOS/c1-8(2)9-6-10(16)12-11(7-9)17-13(15-12)14(3,4)5/h6-8,16H,1-5H3. The number of aromatic hydroxyl groups is 1. The molecule has 0 bridgehead atoms. The largest absolute Gasteiger partial charge is 0.506 e. The van der Waals surface area contributed by atoms with Crippen LogP contribution in [0.5, 0.6) is 5.75 Å². The van der Waals surface area contributed by atoms with Crippen LogP contribution in [-0.2, 0) is 5.41 Å². The molecule has 2 aromatic rings. The Kier molecular flexibility index (Phi) is 2.90. The third-order valence-electron chi connectivity index (χ3n) is 2.81. The smallest absolute Gasteiger partial charge is 0.142 e. The van der Waals surface area contributed by atoms with Crippen molar-refractivity contribution in [2.24, 2.45) is 0 Å². The van der Waals surface area contributed by atoms with Crippen LogP contribution in [0.2, 0.25) is 0 Å². The normalized spacial score (nSPS) is 12.6. The van der Waals surface area contributed by atoms with Gasteiger partial charge in [0.1, 0.15) is 11.3 Å². The average Bonchev–Trinajstić information content (AvgIpc) is 2.60.